The monoisotopic (exact) mass is 223 g/mol. The molecule has 0 aromatic heterocycles. The maximum absolute atomic E-state index is 12.3. The second-order valence-corrected chi connectivity index (χ2v) is 4.29. The molecule has 0 fully saturated rings. The van der Waals surface area contributed by atoms with Crippen LogP contribution in [-0.2, 0) is 4.79 Å². The fraction of sp³-hybridized carbons (Fsp3) is 0.133. The lowest BCUT2D eigenvalue weighted by Gasteiger charge is -2.17. The van der Waals surface area contributed by atoms with Crippen molar-refractivity contribution in [1.29, 1.82) is 0 Å². The lowest BCUT2D eigenvalue weighted by molar-refractivity contribution is -0.118. The maximum atomic E-state index is 12.3. The number of para-hydroxylation sites is 2. The van der Waals surface area contributed by atoms with Crippen molar-refractivity contribution in [2.75, 3.05) is 4.90 Å². The van der Waals surface area contributed by atoms with Gasteiger partial charge < -0.3 is 0 Å². The van der Waals surface area contributed by atoms with E-state index in [9.17, 15) is 4.79 Å². The molecule has 0 saturated heterocycles. The number of hydrogen-bond acceptors (Lipinski definition) is 1. The highest BCUT2D eigenvalue weighted by Gasteiger charge is 2.34. The summed E-state index contributed by atoms with van der Waals surface area (Å²) in [4.78, 5) is 14.1. The van der Waals surface area contributed by atoms with E-state index in [0.29, 0.717) is 0 Å². The minimum Gasteiger partial charge on any atom is -0.280 e. The zero-order valence-electron chi connectivity index (χ0n) is 9.63. The highest BCUT2D eigenvalue weighted by molar-refractivity contribution is 6.09. The molecular formula is C15H13NO. The van der Waals surface area contributed by atoms with E-state index < -0.39 is 0 Å². The molecule has 0 bridgehead atoms. The number of anilines is 2. The summed E-state index contributed by atoms with van der Waals surface area (Å²) in [5, 5.41) is 0. The average Bonchev–Trinajstić information content (AvgIpc) is 2.64. The molecule has 0 saturated carbocycles. The minimum atomic E-state index is -0.0496. The van der Waals surface area contributed by atoms with E-state index in [1.165, 1.54) is 0 Å². The molecule has 1 amide bonds. The van der Waals surface area contributed by atoms with Crippen LogP contribution in [-0.4, -0.2) is 5.91 Å². The van der Waals surface area contributed by atoms with Gasteiger partial charge in [-0.25, -0.2) is 0 Å². The van der Waals surface area contributed by atoms with Gasteiger partial charge in [0.1, 0.15) is 0 Å². The van der Waals surface area contributed by atoms with E-state index in [1.54, 1.807) is 4.90 Å². The third-order valence-electron chi connectivity index (χ3n) is 3.25. The molecule has 0 radical (unpaired) electrons. The lowest BCUT2D eigenvalue weighted by Crippen LogP contribution is -2.22. The average molecular weight is 223 g/mol. The van der Waals surface area contributed by atoms with Crippen molar-refractivity contribution in [2.45, 2.75) is 12.8 Å². The highest BCUT2D eigenvalue weighted by atomic mass is 16.2. The second-order valence-electron chi connectivity index (χ2n) is 4.29. The zero-order chi connectivity index (χ0) is 11.8. The van der Waals surface area contributed by atoms with Gasteiger partial charge >= 0.3 is 0 Å². The van der Waals surface area contributed by atoms with Crippen LogP contribution in [0.4, 0.5) is 11.4 Å². The molecule has 2 nitrogen and oxygen atoms in total. The Morgan fingerprint density at radius 2 is 1.59 bits per heavy atom. The molecule has 2 aromatic rings. The van der Waals surface area contributed by atoms with Crippen LogP contribution in [0, 0.1) is 0 Å². The molecule has 1 aliphatic rings. The number of fused-ring (bicyclic) bond motifs is 1. The first-order valence-electron chi connectivity index (χ1n) is 5.77. The second kappa shape index (κ2) is 3.74. The standard InChI is InChI=1S/C15H13NO/c1-11-13-9-5-6-10-14(13)16(15(11)17)12-7-3-2-4-8-12/h2-11H,1H3/t11-/m0/s1. The molecule has 1 aliphatic heterocycles. The molecule has 1 heterocycles. The van der Waals surface area contributed by atoms with Gasteiger partial charge in [0.15, 0.2) is 0 Å². The molecule has 17 heavy (non-hydrogen) atoms. The number of amides is 1. The van der Waals surface area contributed by atoms with Gasteiger partial charge in [-0.2, -0.15) is 0 Å². The van der Waals surface area contributed by atoms with Crippen LogP contribution in [0.15, 0.2) is 54.6 Å². The van der Waals surface area contributed by atoms with E-state index >= 15 is 0 Å². The molecule has 2 heteroatoms. The van der Waals surface area contributed by atoms with E-state index in [4.69, 9.17) is 0 Å². The summed E-state index contributed by atoms with van der Waals surface area (Å²) in [5.74, 6) is 0.101. The number of carbonyl (C=O) groups excluding carboxylic acids is 1. The number of rotatable bonds is 1. The summed E-state index contributed by atoms with van der Waals surface area (Å²) < 4.78 is 0. The molecule has 2 aromatic carbocycles. The Labute approximate surface area is 100 Å². The van der Waals surface area contributed by atoms with Gasteiger partial charge in [0, 0.05) is 5.69 Å². The van der Waals surface area contributed by atoms with Crippen molar-refractivity contribution in [3.05, 3.63) is 60.2 Å². The van der Waals surface area contributed by atoms with Gasteiger partial charge in [-0.15, -0.1) is 0 Å². The summed E-state index contributed by atoms with van der Waals surface area (Å²) in [6, 6.07) is 17.8. The van der Waals surface area contributed by atoms with E-state index in [2.05, 4.69) is 0 Å². The Bertz CT molecular complexity index is 562. The van der Waals surface area contributed by atoms with Crippen molar-refractivity contribution in [1.82, 2.24) is 0 Å². The topological polar surface area (TPSA) is 20.3 Å². The molecule has 3 rings (SSSR count). The van der Waals surface area contributed by atoms with Crippen LogP contribution in [0.25, 0.3) is 0 Å². The first-order valence-corrected chi connectivity index (χ1v) is 5.77. The van der Waals surface area contributed by atoms with E-state index in [-0.39, 0.29) is 11.8 Å². The van der Waals surface area contributed by atoms with Gasteiger partial charge in [0.2, 0.25) is 5.91 Å². The molecule has 1 atom stereocenters. The number of carbonyl (C=O) groups is 1. The third-order valence-corrected chi connectivity index (χ3v) is 3.25. The summed E-state index contributed by atoms with van der Waals surface area (Å²) >= 11 is 0. The zero-order valence-corrected chi connectivity index (χ0v) is 9.63. The Morgan fingerprint density at radius 3 is 2.35 bits per heavy atom. The SMILES string of the molecule is C[C@@H]1C(=O)N(c2ccccc2)c2ccccc21. The van der Waals surface area contributed by atoms with Gasteiger partial charge in [-0.1, -0.05) is 36.4 Å². The summed E-state index contributed by atoms with van der Waals surface area (Å²) in [6.07, 6.45) is 0. The van der Waals surface area contributed by atoms with Crippen LogP contribution >= 0.6 is 0 Å². The Morgan fingerprint density at radius 1 is 0.941 bits per heavy atom. The minimum absolute atomic E-state index is 0.0496. The van der Waals surface area contributed by atoms with Crippen LogP contribution in [0.1, 0.15) is 18.4 Å². The molecule has 0 N–H and O–H groups in total. The number of hydrogen-bond donors (Lipinski definition) is 0. The van der Waals surface area contributed by atoms with E-state index in [1.807, 2.05) is 61.5 Å². The van der Waals surface area contributed by atoms with Gasteiger partial charge in [0.25, 0.3) is 0 Å². The predicted molar refractivity (Wildman–Crippen MR) is 68.4 cm³/mol. The van der Waals surface area contributed by atoms with Gasteiger partial charge in [-0.05, 0) is 30.7 Å². The summed E-state index contributed by atoms with van der Waals surface area (Å²) in [6.45, 7) is 1.96. The van der Waals surface area contributed by atoms with Crippen LogP contribution in [0.2, 0.25) is 0 Å². The summed E-state index contributed by atoms with van der Waals surface area (Å²) in [7, 11) is 0. The predicted octanol–water partition coefficient (Wildman–Crippen LogP) is 3.47. The Hall–Kier alpha value is -2.09. The first-order chi connectivity index (χ1) is 8.29. The Balaban J connectivity index is 2.16. The molecule has 0 unspecified atom stereocenters. The quantitative estimate of drug-likeness (QED) is 0.725. The third kappa shape index (κ3) is 1.45. The molecular weight excluding hydrogens is 210 g/mol. The molecule has 0 spiro atoms. The molecule has 84 valence electrons. The summed E-state index contributed by atoms with van der Waals surface area (Å²) in [5.41, 5.74) is 3.06. The molecule has 0 aliphatic carbocycles. The van der Waals surface area contributed by atoms with Crippen molar-refractivity contribution in [3.8, 4) is 0 Å². The van der Waals surface area contributed by atoms with E-state index in [0.717, 1.165) is 16.9 Å². The van der Waals surface area contributed by atoms with Crippen LogP contribution < -0.4 is 4.90 Å². The van der Waals surface area contributed by atoms with Crippen molar-refractivity contribution < 1.29 is 4.79 Å². The fourth-order valence-electron chi connectivity index (χ4n) is 2.35. The fourth-order valence-corrected chi connectivity index (χ4v) is 2.35. The number of nitrogens with zero attached hydrogens (tertiary/aromatic N) is 1. The van der Waals surface area contributed by atoms with Crippen LogP contribution in [0.5, 0.6) is 0 Å². The van der Waals surface area contributed by atoms with Gasteiger partial charge in [-0.3, -0.25) is 9.69 Å². The van der Waals surface area contributed by atoms with Crippen molar-refractivity contribution in [3.63, 3.8) is 0 Å². The normalized spacial score (nSPS) is 18.3. The number of benzene rings is 2. The van der Waals surface area contributed by atoms with Gasteiger partial charge in [0.05, 0.1) is 11.6 Å². The maximum Gasteiger partial charge on any atom is 0.238 e. The van der Waals surface area contributed by atoms with Crippen LogP contribution in [0.3, 0.4) is 0 Å². The smallest absolute Gasteiger partial charge is 0.238 e. The van der Waals surface area contributed by atoms with Crippen molar-refractivity contribution >= 4 is 17.3 Å². The Kier molecular flexibility index (Phi) is 2.22. The largest absolute Gasteiger partial charge is 0.280 e. The van der Waals surface area contributed by atoms with Crippen molar-refractivity contribution in [2.24, 2.45) is 0 Å². The lowest BCUT2D eigenvalue weighted by atomic mass is 10.0. The highest BCUT2D eigenvalue weighted by Crippen LogP contribution is 2.41. The first kappa shape index (κ1) is 10.1.